The van der Waals surface area contributed by atoms with Crippen molar-refractivity contribution in [2.45, 2.75) is 24.1 Å². The Balaban J connectivity index is 2.78. The molecule has 4 unspecified atom stereocenters. The first-order valence-corrected chi connectivity index (χ1v) is 3.51. The highest BCUT2D eigenvalue weighted by atomic mass is 16.6. The molecule has 4 atom stereocenters. The fourth-order valence-corrected chi connectivity index (χ4v) is 1.08. The molecule has 1 heterocycles. The lowest BCUT2D eigenvalue weighted by Crippen LogP contribution is -2.64. The van der Waals surface area contributed by atoms with Crippen molar-refractivity contribution in [3.63, 3.8) is 0 Å². The summed E-state index contributed by atoms with van der Waals surface area (Å²) >= 11 is 0. The Labute approximate surface area is 68.6 Å². The smallest absolute Gasteiger partial charge is 0.188 e. The Morgan fingerprint density at radius 1 is 1.33 bits per heavy atom. The summed E-state index contributed by atoms with van der Waals surface area (Å²) in [7, 11) is 0. The predicted molar refractivity (Wildman–Crippen MR) is 36.0 cm³/mol. The monoisotopic (exact) mass is 180 g/mol. The lowest BCUT2D eigenvalue weighted by molar-refractivity contribution is -0.310. The Kier molecular flexibility index (Phi) is 2.67. The van der Waals surface area contributed by atoms with Crippen LogP contribution in [0.25, 0.3) is 0 Å². The minimum Gasteiger partial charge on any atom is -0.393 e. The molecule has 1 rings (SSSR count). The highest BCUT2D eigenvalue weighted by Crippen LogP contribution is 2.24. The highest BCUT2D eigenvalue weighted by Gasteiger charge is 2.50. The van der Waals surface area contributed by atoms with E-state index in [1.54, 1.807) is 0 Å². The molecule has 1 aliphatic rings. The van der Waals surface area contributed by atoms with E-state index in [2.05, 4.69) is 4.74 Å². The minimum absolute atomic E-state index is 0.273. The van der Waals surface area contributed by atoms with Crippen molar-refractivity contribution in [3.8, 4) is 0 Å². The van der Waals surface area contributed by atoms with Crippen LogP contribution in [0.2, 0.25) is 0 Å². The summed E-state index contributed by atoms with van der Waals surface area (Å²) in [5, 5.41) is 45.2. The van der Waals surface area contributed by atoms with Gasteiger partial charge in [-0.15, -0.1) is 0 Å². The zero-order chi connectivity index (χ0) is 9.35. The maximum Gasteiger partial charge on any atom is 0.188 e. The summed E-state index contributed by atoms with van der Waals surface area (Å²) < 4.78 is 4.50. The summed E-state index contributed by atoms with van der Waals surface area (Å²) in [4.78, 5) is 0. The fraction of sp³-hybridized carbons (Fsp3) is 1.00. The molecule has 0 bridgehead atoms. The molecule has 0 saturated carbocycles. The van der Waals surface area contributed by atoms with Gasteiger partial charge in [0, 0.05) is 0 Å². The van der Waals surface area contributed by atoms with Crippen LogP contribution in [0.5, 0.6) is 0 Å². The van der Waals surface area contributed by atoms with Crippen LogP contribution in [0.1, 0.15) is 0 Å². The van der Waals surface area contributed by atoms with E-state index in [4.69, 9.17) is 20.4 Å². The van der Waals surface area contributed by atoms with Crippen molar-refractivity contribution in [1.82, 2.24) is 0 Å². The maximum atomic E-state index is 9.35. The second kappa shape index (κ2) is 3.25. The molecule has 0 amide bonds. The van der Waals surface area contributed by atoms with Crippen LogP contribution >= 0.6 is 0 Å². The third-order valence-corrected chi connectivity index (χ3v) is 1.98. The highest BCUT2D eigenvalue weighted by molar-refractivity contribution is 4.95. The van der Waals surface area contributed by atoms with Gasteiger partial charge in [0.05, 0.1) is 13.2 Å². The zero-order valence-electron chi connectivity index (χ0n) is 6.29. The van der Waals surface area contributed by atoms with Crippen molar-refractivity contribution in [1.29, 1.82) is 0 Å². The molecular weight excluding hydrogens is 168 g/mol. The number of ether oxygens (including phenoxy) is 1. The average molecular weight is 180 g/mol. The number of rotatable bonds is 1. The van der Waals surface area contributed by atoms with Gasteiger partial charge >= 0.3 is 0 Å². The van der Waals surface area contributed by atoms with Gasteiger partial charge in [0.1, 0.15) is 12.2 Å². The van der Waals surface area contributed by atoms with Crippen molar-refractivity contribution < 1.29 is 30.3 Å². The van der Waals surface area contributed by atoms with Gasteiger partial charge in [-0.05, 0) is 0 Å². The standard InChI is InChI=1S/C6H12O6/c7-2-6(11)4(9)3(8)1-12-5(6)10/h3-5,7-11H,1-2H2. The van der Waals surface area contributed by atoms with Crippen molar-refractivity contribution in [3.05, 3.63) is 0 Å². The predicted octanol–water partition coefficient (Wildman–Crippen LogP) is -3.22. The van der Waals surface area contributed by atoms with Crippen LogP contribution in [0.15, 0.2) is 0 Å². The molecule has 0 aliphatic carbocycles. The van der Waals surface area contributed by atoms with Gasteiger partial charge < -0.3 is 30.3 Å². The normalized spacial score (nSPS) is 49.2. The molecular formula is C6H12O6. The van der Waals surface area contributed by atoms with Gasteiger partial charge in [-0.1, -0.05) is 0 Å². The molecule has 0 aromatic heterocycles. The number of aliphatic hydroxyl groups is 5. The van der Waals surface area contributed by atoms with E-state index < -0.39 is 30.7 Å². The SMILES string of the molecule is OCC1(O)C(O)OCC(O)C1O. The summed E-state index contributed by atoms with van der Waals surface area (Å²) in [5.74, 6) is 0. The first kappa shape index (κ1) is 9.85. The average Bonchev–Trinajstić information content (AvgIpc) is 2.08. The molecule has 0 aromatic carbocycles. The third-order valence-electron chi connectivity index (χ3n) is 1.98. The first-order chi connectivity index (χ1) is 5.52. The van der Waals surface area contributed by atoms with Crippen molar-refractivity contribution >= 4 is 0 Å². The van der Waals surface area contributed by atoms with Crippen molar-refractivity contribution in [2.24, 2.45) is 0 Å². The van der Waals surface area contributed by atoms with Gasteiger partial charge in [0.15, 0.2) is 11.9 Å². The Hall–Kier alpha value is -0.240. The molecule has 5 N–H and O–H groups in total. The van der Waals surface area contributed by atoms with E-state index in [9.17, 15) is 5.11 Å². The molecule has 12 heavy (non-hydrogen) atoms. The molecule has 1 fully saturated rings. The Morgan fingerprint density at radius 3 is 2.33 bits per heavy atom. The summed E-state index contributed by atoms with van der Waals surface area (Å²) in [6.45, 7) is -1.16. The lowest BCUT2D eigenvalue weighted by Gasteiger charge is -2.41. The maximum absolute atomic E-state index is 9.35. The number of aliphatic hydroxyl groups excluding tert-OH is 4. The van der Waals surface area contributed by atoms with Crippen LogP contribution in [0.4, 0.5) is 0 Å². The van der Waals surface area contributed by atoms with E-state index >= 15 is 0 Å². The van der Waals surface area contributed by atoms with Crippen LogP contribution < -0.4 is 0 Å². The van der Waals surface area contributed by atoms with Crippen LogP contribution in [0.3, 0.4) is 0 Å². The molecule has 72 valence electrons. The van der Waals surface area contributed by atoms with Gasteiger partial charge in [0.2, 0.25) is 0 Å². The molecule has 0 spiro atoms. The minimum atomic E-state index is -2.20. The van der Waals surface area contributed by atoms with Crippen LogP contribution in [-0.4, -0.2) is 62.8 Å². The number of hydrogen-bond acceptors (Lipinski definition) is 6. The van der Waals surface area contributed by atoms with Crippen LogP contribution in [-0.2, 0) is 4.74 Å². The van der Waals surface area contributed by atoms with E-state index in [-0.39, 0.29) is 6.61 Å². The molecule has 0 radical (unpaired) electrons. The van der Waals surface area contributed by atoms with Gasteiger partial charge in [0.25, 0.3) is 0 Å². The topological polar surface area (TPSA) is 110 Å². The van der Waals surface area contributed by atoms with E-state index in [1.807, 2.05) is 0 Å². The van der Waals surface area contributed by atoms with Crippen molar-refractivity contribution in [2.75, 3.05) is 13.2 Å². The third kappa shape index (κ3) is 1.33. The molecule has 1 aliphatic heterocycles. The summed E-state index contributed by atoms with van der Waals surface area (Å²) in [5.41, 5.74) is -2.20. The Morgan fingerprint density at radius 2 is 1.92 bits per heavy atom. The molecule has 0 aromatic rings. The largest absolute Gasteiger partial charge is 0.393 e. The second-order valence-electron chi connectivity index (χ2n) is 2.85. The van der Waals surface area contributed by atoms with E-state index in [1.165, 1.54) is 0 Å². The van der Waals surface area contributed by atoms with Gasteiger partial charge in [-0.25, -0.2) is 0 Å². The number of hydrogen-bond donors (Lipinski definition) is 5. The first-order valence-electron chi connectivity index (χ1n) is 3.51. The van der Waals surface area contributed by atoms with E-state index in [0.717, 1.165) is 0 Å². The molecule has 1 saturated heterocycles. The summed E-state index contributed by atoms with van der Waals surface area (Å²) in [6.07, 6.45) is -4.59. The quantitative estimate of drug-likeness (QED) is 0.290. The summed E-state index contributed by atoms with van der Waals surface area (Å²) in [6, 6.07) is 0. The Bertz CT molecular complexity index is 162. The van der Waals surface area contributed by atoms with Gasteiger partial charge in [-0.3, -0.25) is 0 Å². The van der Waals surface area contributed by atoms with E-state index in [0.29, 0.717) is 0 Å². The van der Waals surface area contributed by atoms with Crippen LogP contribution in [0, 0.1) is 0 Å². The molecule has 6 heteroatoms. The van der Waals surface area contributed by atoms with Gasteiger partial charge in [-0.2, -0.15) is 0 Å². The fourth-order valence-electron chi connectivity index (χ4n) is 1.08. The second-order valence-corrected chi connectivity index (χ2v) is 2.85. The molecule has 6 nitrogen and oxygen atoms in total. The zero-order valence-corrected chi connectivity index (χ0v) is 6.29. The lowest BCUT2D eigenvalue weighted by atomic mass is 9.91.